The Bertz CT molecular complexity index is 1050. The lowest BCUT2D eigenvalue weighted by Gasteiger charge is -2.20. The molecule has 0 radical (unpaired) electrons. The number of benzene rings is 1. The summed E-state index contributed by atoms with van der Waals surface area (Å²) in [5, 5.41) is 3.46. The first-order chi connectivity index (χ1) is 14.0. The molecule has 1 aromatic carbocycles. The number of amides is 1. The predicted octanol–water partition coefficient (Wildman–Crippen LogP) is 3.90. The number of aromatic nitrogens is 2. The van der Waals surface area contributed by atoms with E-state index >= 15 is 0 Å². The van der Waals surface area contributed by atoms with Crippen molar-refractivity contribution in [3.8, 4) is 11.5 Å². The maximum atomic E-state index is 12.8. The Morgan fingerprint density at radius 2 is 2.03 bits per heavy atom. The van der Waals surface area contributed by atoms with Crippen molar-refractivity contribution in [2.45, 2.75) is 26.9 Å². The highest BCUT2D eigenvalue weighted by Crippen LogP contribution is 2.38. The first-order valence-electron chi connectivity index (χ1n) is 9.46. The monoisotopic (exact) mass is 411 g/mol. The summed E-state index contributed by atoms with van der Waals surface area (Å²) in [5.41, 5.74) is 4.38. The van der Waals surface area contributed by atoms with E-state index in [1.165, 1.54) is 0 Å². The topological polar surface area (TPSA) is 65.4 Å². The molecular formula is C22H22ClN3O3. The van der Waals surface area contributed by atoms with Gasteiger partial charge >= 0.3 is 0 Å². The van der Waals surface area contributed by atoms with Gasteiger partial charge in [0.25, 0.3) is 5.91 Å². The van der Waals surface area contributed by atoms with E-state index in [0.29, 0.717) is 48.4 Å². The third-order valence-electron chi connectivity index (χ3n) is 4.97. The minimum Gasteiger partial charge on any atom is -0.486 e. The Morgan fingerprint density at radius 3 is 2.83 bits per heavy atom. The average Bonchev–Trinajstić information content (AvgIpc) is 3.01. The molecule has 150 valence electrons. The fraction of sp³-hybridized carbons (Fsp3) is 0.273. The zero-order valence-electron chi connectivity index (χ0n) is 16.4. The number of aryl methyl sites for hydroxylation is 1. The molecule has 3 aromatic rings. The first kappa shape index (κ1) is 19.3. The van der Waals surface area contributed by atoms with Crippen molar-refractivity contribution in [3.05, 3.63) is 75.8 Å². The number of carbonyl (C=O) groups is 1. The third kappa shape index (κ3) is 4.07. The van der Waals surface area contributed by atoms with Gasteiger partial charge in [-0.2, -0.15) is 0 Å². The molecule has 1 N–H and O–H groups in total. The van der Waals surface area contributed by atoms with E-state index in [4.69, 9.17) is 21.1 Å². The molecule has 0 unspecified atom stereocenters. The number of hydrogen-bond donors (Lipinski definition) is 1. The summed E-state index contributed by atoms with van der Waals surface area (Å²) < 4.78 is 13.2. The Labute approximate surface area is 174 Å². The molecule has 0 atom stereocenters. The molecule has 0 fully saturated rings. The molecule has 3 heterocycles. The van der Waals surface area contributed by atoms with Crippen molar-refractivity contribution in [1.29, 1.82) is 0 Å². The second kappa shape index (κ2) is 8.17. The average molecular weight is 412 g/mol. The number of ether oxygens (including phenoxy) is 2. The lowest BCUT2D eigenvalue weighted by molar-refractivity contribution is 0.0950. The standard InChI is InChI=1S/C22H22ClN3O3/c1-14-9-18(15(2)26(14)13-17-5-3-4-6-24-17)22(27)25-12-16-10-19(23)21-20(11-16)28-7-8-29-21/h3-6,9-11H,7-8,12-13H2,1-2H3,(H,25,27). The first-order valence-corrected chi connectivity index (χ1v) is 9.83. The van der Waals surface area contributed by atoms with E-state index in [2.05, 4.69) is 14.9 Å². The molecule has 6 nitrogen and oxygen atoms in total. The third-order valence-corrected chi connectivity index (χ3v) is 5.25. The van der Waals surface area contributed by atoms with Gasteiger partial charge in [0.2, 0.25) is 0 Å². The Morgan fingerprint density at radius 1 is 1.21 bits per heavy atom. The van der Waals surface area contributed by atoms with Crippen LogP contribution in [0.1, 0.15) is 33.0 Å². The largest absolute Gasteiger partial charge is 0.486 e. The molecule has 0 saturated heterocycles. The summed E-state index contributed by atoms with van der Waals surface area (Å²) >= 11 is 6.28. The van der Waals surface area contributed by atoms with E-state index in [0.717, 1.165) is 22.6 Å². The Hall–Kier alpha value is -2.99. The minimum atomic E-state index is -0.128. The smallest absolute Gasteiger partial charge is 0.253 e. The molecule has 0 aliphatic carbocycles. The number of halogens is 1. The van der Waals surface area contributed by atoms with E-state index in [9.17, 15) is 4.79 Å². The van der Waals surface area contributed by atoms with Crippen molar-refractivity contribution >= 4 is 17.5 Å². The van der Waals surface area contributed by atoms with Gasteiger partial charge < -0.3 is 19.4 Å². The highest BCUT2D eigenvalue weighted by Gasteiger charge is 2.19. The van der Waals surface area contributed by atoms with Gasteiger partial charge in [0.15, 0.2) is 11.5 Å². The van der Waals surface area contributed by atoms with Crippen LogP contribution >= 0.6 is 11.6 Å². The van der Waals surface area contributed by atoms with Crippen LogP contribution in [0.5, 0.6) is 11.5 Å². The number of rotatable bonds is 5. The number of hydrogen-bond acceptors (Lipinski definition) is 4. The minimum absolute atomic E-state index is 0.128. The van der Waals surface area contributed by atoms with Crippen LogP contribution in [0.3, 0.4) is 0 Å². The fourth-order valence-corrected chi connectivity index (χ4v) is 3.76. The van der Waals surface area contributed by atoms with Gasteiger partial charge in [-0.05, 0) is 49.7 Å². The van der Waals surface area contributed by atoms with Gasteiger partial charge in [-0.25, -0.2) is 0 Å². The highest BCUT2D eigenvalue weighted by atomic mass is 35.5. The second-order valence-corrected chi connectivity index (χ2v) is 7.38. The molecule has 4 rings (SSSR count). The zero-order valence-corrected chi connectivity index (χ0v) is 17.1. The van der Waals surface area contributed by atoms with Crippen LogP contribution in [0.4, 0.5) is 0 Å². The second-order valence-electron chi connectivity index (χ2n) is 6.98. The van der Waals surface area contributed by atoms with Gasteiger partial charge in [-0.1, -0.05) is 17.7 Å². The van der Waals surface area contributed by atoms with Crippen LogP contribution in [0, 0.1) is 13.8 Å². The van der Waals surface area contributed by atoms with E-state index in [-0.39, 0.29) is 5.91 Å². The van der Waals surface area contributed by atoms with Crippen LogP contribution in [0.15, 0.2) is 42.6 Å². The van der Waals surface area contributed by atoms with Crippen LogP contribution in [-0.4, -0.2) is 28.7 Å². The summed E-state index contributed by atoms with van der Waals surface area (Å²) in [6, 6.07) is 11.4. The number of pyridine rings is 1. The predicted molar refractivity (Wildman–Crippen MR) is 111 cm³/mol. The van der Waals surface area contributed by atoms with Crippen LogP contribution in [-0.2, 0) is 13.1 Å². The molecule has 2 aromatic heterocycles. The van der Waals surface area contributed by atoms with Gasteiger partial charge in [0.1, 0.15) is 13.2 Å². The summed E-state index contributed by atoms with van der Waals surface area (Å²) in [6.45, 7) is 5.89. The van der Waals surface area contributed by atoms with E-state index < -0.39 is 0 Å². The van der Waals surface area contributed by atoms with Crippen molar-refractivity contribution in [1.82, 2.24) is 14.9 Å². The molecule has 1 aliphatic heterocycles. The maximum Gasteiger partial charge on any atom is 0.253 e. The fourth-order valence-electron chi connectivity index (χ4n) is 3.47. The molecular weight excluding hydrogens is 390 g/mol. The zero-order chi connectivity index (χ0) is 20.4. The van der Waals surface area contributed by atoms with Crippen molar-refractivity contribution in [2.24, 2.45) is 0 Å². The molecule has 0 saturated carbocycles. The van der Waals surface area contributed by atoms with Gasteiger partial charge in [0, 0.05) is 24.1 Å². The summed E-state index contributed by atoms with van der Waals surface area (Å²) in [5.74, 6) is 1.05. The van der Waals surface area contributed by atoms with Gasteiger partial charge in [0.05, 0.1) is 22.8 Å². The molecule has 1 aliphatic rings. The quantitative estimate of drug-likeness (QED) is 0.691. The number of nitrogens with one attached hydrogen (secondary N) is 1. The van der Waals surface area contributed by atoms with Crippen LogP contribution in [0.2, 0.25) is 5.02 Å². The van der Waals surface area contributed by atoms with Gasteiger partial charge in [-0.15, -0.1) is 0 Å². The van der Waals surface area contributed by atoms with Crippen molar-refractivity contribution in [3.63, 3.8) is 0 Å². The number of fused-ring (bicyclic) bond motifs is 1. The van der Waals surface area contributed by atoms with Crippen LogP contribution < -0.4 is 14.8 Å². The van der Waals surface area contributed by atoms with Crippen LogP contribution in [0.25, 0.3) is 0 Å². The highest BCUT2D eigenvalue weighted by molar-refractivity contribution is 6.32. The number of nitrogens with zero attached hydrogens (tertiary/aromatic N) is 2. The molecule has 1 amide bonds. The van der Waals surface area contributed by atoms with Crippen molar-refractivity contribution < 1.29 is 14.3 Å². The molecule has 7 heteroatoms. The SMILES string of the molecule is Cc1cc(C(=O)NCc2cc(Cl)c3c(c2)OCCO3)c(C)n1Cc1ccccn1. The molecule has 0 spiro atoms. The summed E-state index contributed by atoms with van der Waals surface area (Å²) in [4.78, 5) is 17.2. The lowest BCUT2D eigenvalue weighted by atomic mass is 10.1. The van der Waals surface area contributed by atoms with Crippen molar-refractivity contribution in [2.75, 3.05) is 13.2 Å². The van der Waals surface area contributed by atoms with E-state index in [1.54, 1.807) is 12.3 Å². The Balaban J connectivity index is 1.48. The maximum absolute atomic E-state index is 12.8. The number of carbonyl (C=O) groups excluding carboxylic acids is 1. The Kier molecular flexibility index (Phi) is 5.45. The van der Waals surface area contributed by atoms with Gasteiger partial charge in [-0.3, -0.25) is 9.78 Å². The summed E-state index contributed by atoms with van der Waals surface area (Å²) in [7, 11) is 0. The van der Waals surface area contributed by atoms with E-state index in [1.807, 2.05) is 44.2 Å². The molecule has 0 bridgehead atoms. The summed E-state index contributed by atoms with van der Waals surface area (Å²) in [6.07, 6.45) is 1.77. The molecule has 29 heavy (non-hydrogen) atoms. The normalized spacial score (nSPS) is 12.7. The lowest BCUT2D eigenvalue weighted by Crippen LogP contribution is -2.24.